The minimum Gasteiger partial charge on any atom is -0.465 e. The van der Waals surface area contributed by atoms with Crippen LogP contribution >= 0.6 is 11.6 Å². The van der Waals surface area contributed by atoms with Crippen LogP contribution in [-0.4, -0.2) is 37.6 Å². The molecule has 4 rings (SSSR count). The number of hydrogen-bond acceptors (Lipinski definition) is 5. The van der Waals surface area contributed by atoms with E-state index in [1.807, 2.05) is 18.2 Å². The van der Waals surface area contributed by atoms with E-state index in [2.05, 4.69) is 22.0 Å². The maximum Gasteiger partial charge on any atom is 0.323 e. The zero-order chi connectivity index (χ0) is 20.4. The van der Waals surface area contributed by atoms with Crippen LogP contribution in [0.15, 0.2) is 59.8 Å². The van der Waals surface area contributed by atoms with Gasteiger partial charge in [0.2, 0.25) is 5.91 Å². The van der Waals surface area contributed by atoms with Gasteiger partial charge in [0.1, 0.15) is 6.04 Å². The second-order valence-electron chi connectivity index (χ2n) is 7.42. The van der Waals surface area contributed by atoms with E-state index >= 15 is 0 Å². The Morgan fingerprint density at radius 2 is 2.10 bits per heavy atom. The highest BCUT2D eigenvalue weighted by molar-refractivity contribution is 6.30. The fourth-order valence-corrected chi connectivity index (χ4v) is 4.63. The monoisotopic (exact) mass is 413 g/mol. The van der Waals surface area contributed by atoms with Crippen LogP contribution in [0, 0.1) is 11.3 Å². The summed E-state index contributed by atoms with van der Waals surface area (Å²) in [7, 11) is 0. The Kier molecular flexibility index (Phi) is 5.48. The lowest BCUT2D eigenvalue weighted by molar-refractivity contribution is -0.146. The Labute approximate surface area is 175 Å². The van der Waals surface area contributed by atoms with Gasteiger partial charge >= 0.3 is 5.97 Å². The van der Waals surface area contributed by atoms with Gasteiger partial charge < -0.3 is 20.7 Å². The Morgan fingerprint density at radius 3 is 2.86 bits per heavy atom. The largest absolute Gasteiger partial charge is 0.465 e. The van der Waals surface area contributed by atoms with Gasteiger partial charge in [0.25, 0.3) is 0 Å². The molecule has 0 saturated carbocycles. The molecule has 1 aromatic carbocycles. The standard InChI is InChI=1S/C22H24ClN3O3/c1-2-29-21(28)18-12-22-14(10-11-24-18)4-3-5-19(22)25-13-17(22)20(27)26-16-8-6-15(23)7-9-16/h3-10,17-18,24-25H,2,11-13H2,1H3,(H,26,27). The summed E-state index contributed by atoms with van der Waals surface area (Å²) in [6.07, 6.45) is 8.54. The molecule has 2 heterocycles. The van der Waals surface area contributed by atoms with Crippen LogP contribution < -0.4 is 16.0 Å². The third kappa shape index (κ3) is 3.58. The lowest BCUT2D eigenvalue weighted by Crippen LogP contribution is -2.46. The van der Waals surface area contributed by atoms with Crippen molar-refractivity contribution in [3.8, 4) is 0 Å². The van der Waals surface area contributed by atoms with Gasteiger partial charge in [0.05, 0.1) is 17.9 Å². The number of hydrogen-bond donors (Lipinski definition) is 3. The first kappa shape index (κ1) is 19.7. The van der Waals surface area contributed by atoms with E-state index in [-0.39, 0.29) is 17.8 Å². The number of halogens is 1. The first-order valence-corrected chi connectivity index (χ1v) is 10.2. The van der Waals surface area contributed by atoms with E-state index in [4.69, 9.17) is 16.3 Å². The highest BCUT2D eigenvalue weighted by Crippen LogP contribution is 2.52. The quantitative estimate of drug-likeness (QED) is 0.661. The molecule has 1 saturated heterocycles. The van der Waals surface area contributed by atoms with Crippen LogP contribution in [0.4, 0.5) is 5.69 Å². The Balaban J connectivity index is 1.66. The summed E-state index contributed by atoms with van der Waals surface area (Å²) in [6.45, 7) is 3.17. The molecular formula is C22H24ClN3O3. The summed E-state index contributed by atoms with van der Waals surface area (Å²) in [5, 5.41) is 10.3. The highest BCUT2D eigenvalue weighted by Gasteiger charge is 2.55. The highest BCUT2D eigenvalue weighted by atomic mass is 35.5. The van der Waals surface area contributed by atoms with Gasteiger partial charge in [-0.2, -0.15) is 0 Å². The number of esters is 1. The first-order valence-electron chi connectivity index (χ1n) is 9.84. The number of ether oxygens (including phenoxy) is 1. The Hall–Kier alpha value is -2.57. The normalized spacial score (nSPS) is 27.5. The second kappa shape index (κ2) is 8.05. The summed E-state index contributed by atoms with van der Waals surface area (Å²) in [4.78, 5) is 25.9. The zero-order valence-electron chi connectivity index (χ0n) is 16.2. The van der Waals surface area contributed by atoms with Crippen LogP contribution in [0.2, 0.25) is 5.02 Å². The maximum atomic E-state index is 13.3. The number of anilines is 1. The predicted octanol–water partition coefficient (Wildman–Crippen LogP) is 2.79. The Bertz CT molecular complexity index is 906. The molecule has 3 aliphatic rings. The number of carbonyl (C=O) groups is 2. The number of nitrogens with one attached hydrogen (secondary N) is 3. The van der Waals surface area contributed by atoms with Gasteiger partial charge in [-0.1, -0.05) is 29.8 Å². The molecular weight excluding hydrogens is 390 g/mol. The average molecular weight is 414 g/mol. The number of amides is 1. The topological polar surface area (TPSA) is 79.5 Å². The van der Waals surface area contributed by atoms with E-state index in [0.717, 1.165) is 11.3 Å². The van der Waals surface area contributed by atoms with Crippen LogP contribution in [0.25, 0.3) is 0 Å². The fourth-order valence-electron chi connectivity index (χ4n) is 4.51. The molecule has 3 atom stereocenters. The molecule has 1 aromatic rings. The van der Waals surface area contributed by atoms with Crippen LogP contribution in [0.1, 0.15) is 13.3 Å². The van der Waals surface area contributed by atoms with E-state index in [9.17, 15) is 9.59 Å². The molecule has 6 nitrogen and oxygen atoms in total. The van der Waals surface area contributed by atoms with Crippen molar-refractivity contribution >= 4 is 29.2 Å². The molecule has 1 spiro atoms. The molecule has 3 unspecified atom stereocenters. The Morgan fingerprint density at radius 1 is 1.31 bits per heavy atom. The fraction of sp³-hybridized carbons (Fsp3) is 0.364. The second-order valence-corrected chi connectivity index (χ2v) is 7.85. The molecule has 0 aromatic heterocycles. The summed E-state index contributed by atoms with van der Waals surface area (Å²) in [5.41, 5.74) is 2.13. The minimum absolute atomic E-state index is 0.0890. The van der Waals surface area contributed by atoms with Crippen molar-refractivity contribution < 1.29 is 14.3 Å². The third-order valence-electron chi connectivity index (χ3n) is 5.84. The van der Waals surface area contributed by atoms with Crippen molar-refractivity contribution in [2.24, 2.45) is 11.3 Å². The predicted molar refractivity (Wildman–Crippen MR) is 112 cm³/mol. The molecule has 0 radical (unpaired) electrons. The minimum atomic E-state index is -0.591. The van der Waals surface area contributed by atoms with Gasteiger partial charge in [-0.3, -0.25) is 9.59 Å². The molecule has 29 heavy (non-hydrogen) atoms. The zero-order valence-corrected chi connectivity index (χ0v) is 17.0. The SMILES string of the molecule is CCOC(=O)C1CC23C(=CCN1)C=CC=C2NCC3C(=O)Nc1ccc(Cl)cc1. The van der Waals surface area contributed by atoms with Gasteiger partial charge in [0, 0.05) is 29.5 Å². The molecule has 1 fully saturated rings. The smallest absolute Gasteiger partial charge is 0.323 e. The van der Waals surface area contributed by atoms with Gasteiger partial charge in [-0.05, 0) is 49.3 Å². The van der Waals surface area contributed by atoms with Crippen molar-refractivity contribution in [3.05, 3.63) is 64.9 Å². The van der Waals surface area contributed by atoms with Gasteiger partial charge in [0.15, 0.2) is 0 Å². The van der Waals surface area contributed by atoms with Crippen molar-refractivity contribution in [2.75, 3.05) is 25.0 Å². The van der Waals surface area contributed by atoms with E-state index in [1.54, 1.807) is 31.2 Å². The lowest BCUT2D eigenvalue weighted by atomic mass is 9.64. The summed E-state index contributed by atoms with van der Waals surface area (Å²) in [5.74, 6) is -0.736. The average Bonchev–Trinajstić information content (AvgIpc) is 2.97. The van der Waals surface area contributed by atoms with Crippen molar-refractivity contribution in [3.63, 3.8) is 0 Å². The molecule has 0 bridgehead atoms. The van der Waals surface area contributed by atoms with Gasteiger partial charge in [-0.15, -0.1) is 0 Å². The summed E-state index contributed by atoms with van der Waals surface area (Å²) in [6, 6.07) is 6.57. The summed E-state index contributed by atoms with van der Waals surface area (Å²) < 4.78 is 5.27. The number of allylic oxidation sites excluding steroid dienone is 4. The number of rotatable bonds is 4. The molecule has 2 aliphatic heterocycles. The third-order valence-corrected chi connectivity index (χ3v) is 6.09. The number of carbonyl (C=O) groups excluding carboxylic acids is 2. The van der Waals surface area contributed by atoms with Gasteiger partial charge in [-0.25, -0.2) is 0 Å². The van der Waals surface area contributed by atoms with Crippen molar-refractivity contribution in [2.45, 2.75) is 19.4 Å². The lowest BCUT2D eigenvalue weighted by Gasteiger charge is -2.38. The van der Waals surface area contributed by atoms with Crippen LogP contribution in [0.3, 0.4) is 0 Å². The van der Waals surface area contributed by atoms with Crippen molar-refractivity contribution in [1.29, 1.82) is 0 Å². The van der Waals surface area contributed by atoms with Crippen LogP contribution in [-0.2, 0) is 14.3 Å². The van der Waals surface area contributed by atoms with Crippen molar-refractivity contribution in [1.82, 2.24) is 10.6 Å². The molecule has 3 N–H and O–H groups in total. The van der Waals surface area contributed by atoms with E-state index < -0.39 is 11.5 Å². The van der Waals surface area contributed by atoms with E-state index in [1.165, 1.54) is 0 Å². The van der Waals surface area contributed by atoms with Crippen LogP contribution in [0.5, 0.6) is 0 Å². The maximum absolute atomic E-state index is 13.3. The molecule has 7 heteroatoms. The first-order chi connectivity index (χ1) is 14.0. The molecule has 152 valence electrons. The van der Waals surface area contributed by atoms with E-state index in [0.29, 0.717) is 36.8 Å². The molecule has 1 amide bonds. The number of benzene rings is 1. The summed E-state index contributed by atoms with van der Waals surface area (Å²) >= 11 is 5.95. The molecule has 1 aliphatic carbocycles.